The number of amides is 1. The minimum absolute atomic E-state index is 0.0393. The molecular weight excluding hydrogens is 482 g/mol. The molecule has 37 heavy (non-hydrogen) atoms. The molecule has 6 rings (SSSR count). The number of piperidine rings is 1. The van der Waals surface area contributed by atoms with E-state index in [1.54, 1.807) is 33.3 Å². The average molecular weight is 524 g/mol. The van der Waals surface area contributed by atoms with E-state index in [1.165, 1.54) is 6.92 Å². The molecule has 10 nitrogen and oxygen atoms in total. The van der Waals surface area contributed by atoms with Gasteiger partial charge in [0.15, 0.2) is 0 Å². The normalized spacial score (nSPS) is 55.0. The molecule has 1 amide bonds. The van der Waals surface area contributed by atoms with Gasteiger partial charge in [-0.2, -0.15) is 0 Å². The molecule has 0 aromatic carbocycles. The SMILES string of the molecule is CCN1C(=O)[C@]2(COC(C)=O)CC[C@H](OC)[C@]34C1[C@@](O)([C@@H](OC)[C@H]23)[C@@]1(O)C[C@H](OC)[C@H]2C[C@@H]4[C@@H]1[C@H]2OC. The molecule has 6 fully saturated rings. The first-order valence-electron chi connectivity index (χ1n) is 13.6. The molecule has 5 saturated carbocycles. The number of carbonyl (C=O) groups is 2. The molecule has 1 heterocycles. The Morgan fingerprint density at radius 1 is 1.11 bits per heavy atom. The van der Waals surface area contributed by atoms with Gasteiger partial charge in [-0.15, -0.1) is 0 Å². The summed E-state index contributed by atoms with van der Waals surface area (Å²) < 4.78 is 30.0. The molecule has 0 aromatic heterocycles. The minimum atomic E-state index is -1.80. The van der Waals surface area contributed by atoms with Crippen LogP contribution in [0.1, 0.15) is 39.5 Å². The molecule has 0 aromatic rings. The van der Waals surface area contributed by atoms with E-state index >= 15 is 0 Å². The number of ether oxygens (including phenoxy) is 5. The van der Waals surface area contributed by atoms with E-state index in [9.17, 15) is 19.8 Å². The van der Waals surface area contributed by atoms with Crippen LogP contribution in [0.15, 0.2) is 0 Å². The van der Waals surface area contributed by atoms with Gasteiger partial charge in [-0.25, -0.2) is 0 Å². The zero-order valence-corrected chi connectivity index (χ0v) is 22.6. The quantitative estimate of drug-likeness (QED) is 0.456. The molecule has 13 atom stereocenters. The lowest BCUT2D eigenvalue weighted by molar-refractivity contribution is -0.314. The van der Waals surface area contributed by atoms with Gasteiger partial charge in [0.25, 0.3) is 0 Å². The largest absolute Gasteiger partial charge is 0.465 e. The second-order valence-corrected chi connectivity index (χ2v) is 12.3. The topological polar surface area (TPSA) is 124 Å². The number of carbonyl (C=O) groups excluding carboxylic acids is 2. The maximum atomic E-state index is 14.4. The molecule has 2 N–H and O–H groups in total. The molecule has 10 heteroatoms. The molecule has 7 bridgehead atoms. The van der Waals surface area contributed by atoms with Crippen molar-refractivity contribution < 1.29 is 43.5 Å². The number of rotatable bonds is 7. The van der Waals surface area contributed by atoms with Gasteiger partial charge in [-0.3, -0.25) is 9.59 Å². The Hall–Kier alpha value is -1.30. The van der Waals surface area contributed by atoms with Crippen LogP contribution in [0.3, 0.4) is 0 Å². The highest BCUT2D eigenvalue weighted by molar-refractivity contribution is 5.87. The van der Waals surface area contributed by atoms with Crippen molar-refractivity contribution in [1.82, 2.24) is 4.90 Å². The first kappa shape index (κ1) is 26.0. The van der Waals surface area contributed by atoms with Gasteiger partial charge in [0, 0.05) is 71.5 Å². The van der Waals surface area contributed by atoms with Crippen LogP contribution < -0.4 is 0 Å². The third kappa shape index (κ3) is 2.55. The van der Waals surface area contributed by atoms with Gasteiger partial charge < -0.3 is 38.8 Å². The predicted octanol–water partition coefficient (Wildman–Crippen LogP) is 0.368. The molecule has 208 valence electrons. The molecule has 0 radical (unpaired) electrons. The fraction of sp³-hybridized carbons (Fsp3) is 0.926. The van der Waals surface area contributed by atoms with Crippen LogP contribution in [0.5, 0.6) is 0 Å². The van der Waals surface area contributed by atoms with Crippen molar-refractivity contribution in [2.75, 3.05) is 41.6 Å². The summed E-state index contributed by atoms with van der Waals surface area (Å²) in [6.45, 7) is 3.50. The minimum Gasteiger partial charge on any atom is -0.465 e. The second-order valence-electron chi connectivity index (χ2n) is 12.3. The number of fused-ring (bicyclic) bond motifs is 2. The smallest absolute Gasteiger partial charge is 0.302 e. The van der Waals surface area contributed by atoms with Crippen LogP contribution in [0, 0.1) is 34.5 Å². The van der Waals surface area contributed by atoms with Crippen LogP contribution in [-0.2, 0) is 33.3 Å². The van der Waals surface area contributed by atoms with Gasteiger partial charge in [0.05, 0.1) is 35.9 Å². The van der Waals surface area contributed by atoms with Gasteiger partial charge >= 0.3 is 5.97 Å². The van der Waals surface area contributed by atoms with E-state index in [1.807, 2.05) is 6.92 Å². The molecule has 1 saturated heterocycles. The van der Waals surface area contributed by atoms with Crippen LogP contribution in [0.2, 0.25) is 0 Å². The Labute approximate surface area is 217 Å². The number of likely N-dealkylation sites (tertiary alicyclic amines) is 1. The summed E-state index contributed by atoms with van der Waals surface area (Å²) in [4.78, 5) is 28.2. The molecule has 5 aliphatic carbocycles. The van der Waals surface area contributed by atoms with Crippen LogP contribution in [0.4, 0.5) is 0 Å². The van der Waals surface area contributed by atoms with Crippen molar-refractivity contribution in [1.29, 1.82) is 0 Å². The summed E-state index contributed by atoms with van der Waals surface area (Å²) in [6, 6.07) is -0.721. The highest BCUT2D eigenvalue weighted by atomic mass is 16.5. The zero-order valence-electron chi connectivity index (χ0n) is 22.6. The number of esters is 1. The molecule has 1 spiro atoms. The summed E-state index contributed by atoms with van der Waals surface area (Å²) in [5.41, 5.74) is -5.24. The highest BCUT2D eigenvalue weighted by Crippen LogP contribution is 2.80. The van der Waals surface area contributed by atoms with Crippen molar-refractivity contribution >= 4 is 11.9 Å². The van der Waals surface area contributed by atoms with E-state index in [0.29, 0.717) is 19.4 Å². The number of aliphatic hydroxyl groups is 2. The van der Waals surface area contributed by atoms with Gasteiger partial charge in [-0.05, 0) is 32.1 Å². The summed E-state index contributed by atoms with van der Waals surface area (Å²) in [7, 11) is 6.53. The standard InChI is InChI=1S/C27H41NO9/c1-7-28-22-26-15-10-14-16(33-3)11-25(31,18(15)19(14)35-5)27(22,32)21(36-6)20(26)24(23(28)30,12-37-13(2)29)9-8-17(26)34-4/h14-22,31-32H,7-12H2,1-6H3/t14-,15-,16+,17+,18-,19+,20-,21+,22?,24+,25-,26+,27+/m1/s1. The number of likely N-dealkylation sites (N-methyl/N-ethyl adjacent to an activating group) is 1. The average Bonchev–Trinajstić information content (AvgIpc) is 3.31. The van der Waals surface area contributed by atoms with E-state index < -0.39 is 46.1 Å². The summed E-state index contributed by atoms with van der Waals surface area (Å²) in [5.74, 6) is -1.57. The molecule has 6 aliphatic rings. The highest BCUT2D eigenvalue weighted by Gasteiger charge is 2.93. The second kappa shape index (κ2) is 8.11. The maximum Gasteiger partial charge on any atom is 0.302 e. The summed E-state index contributed by atoms with van der Waals surface area (Å²) in [6.07, 6.45) is 0.179. The fourth-order valence-electron chi connectivity index (χ4n) is 11.0. The van der Waals surface area contributed by atoms with Crippen LogP contribution in [-0.4, -0.2) is 110 Å². The predicted molar refractivity (Wildman–Crippen MR) is 128 cm³/mol. The first-order chi connectivity index (χ1) is 17.6. The lowest BCUT2D eigenvalue weighted by Gasteiger charge is -2.69. The summed E-state index contributed by atoms with van der Waals surface area (Å²) >= 11 is 0. The van der Waals surface area contributed by atoms with E-state index in [4.69, 9.17) is 23.7 Å². The van der Waals surface area contributed by atoms with E-state index in [0.717, 1.165) is 6.42 Å². The Kier molecular flexibility index (Phi) is 5.69. The van der Waals surface area contributed by atoms with Gasteiger partial charge in [-0.1, -0.05) is 0 Å². The number of methoxy groups -OCH3 is 4. The lowest BCUT2D eigenvalue weighted by Crippen LogP contribution is -2.82. The number of hydrogen-bond acceptors (Lipinski definition) is 9. The van der Waals surface area contributed by atoms with Crippen molar-refractivity contribution in [3.8, 4) is 0 Å². The molecular formula is C27H41NO9. The van der Waals surface area contributed by atoms with E-state index in [2.05, 4.69) is 0 Å². The van der Waals surface area contributed by atoms with Crippen LogP contribution in [0.25, 0.3) is 0 Å². The molecule has 1 unspecified atom stereocenters. The Bertz CT molecular complexity index is 993. The van der Waals surface area contributed by atoms with Crippen molar-refractivity contribution in [2.45, 2.75) is 81.2 Å². The van der Waals surface area contributed by atoms with Crippen LogP contribution >= 0.6 is 0 Å². The first-order valence-corrected chi connectivity index (χ1v) is 13.6. The zero-order chi connectivity index (χ0) is 26.7. The third-order valence-electron chi connectivity index (χ3n) is 11.8. The van der Waals surface area contributed by atoms with Gasteiger partial charge in [0.2, 0.25) is 5.91 Å². The lowest BCUT2D eigenvalue weighted by atomic mass is 9.42. The monoisotopic (exact) mass is 523 g/mol. The Balaban J connectivity index is 1.68. The fourth-order valence-corrected chi connectivity index (χ4v) is 11.0. The number of hydrogen-bond donors (Lipinski definition) is 2. The van der Waals surface area contributed by atoms with E-state index in [-0.39, 0.29) is 55.0 Å². The third-order valence-corrected chi connectivity index (χ3v) is 11.8. The Morgan fingerprint density at radius 2 is 1.84 bits per heavy atom. The van der Waals surface area contributed by atoms with Crippen molar-refractivity contribution in [2.24, 2.45) is 34.5 Å². The Morgan fingerprint density at radius 3 is 2.41 bits per heavy atom. The van der Waals surface area contributed by atoms with Crippen molar-refractivity contribution in [3.63, 3.8) is 0 Å². The van der Waals surface area contributed by atoms with Crippen molar-refractivity contribution in [3.05, 3.63) is 0 Å². The number of nitrogens with zero attached hydrogens (tertiary/aromatic N) is 1. The summed E-state index contributed by atoms with van der Waals surface area (Å²) in [5, 5.41) is 25.9. The maximum absolute atomic E-state index is 14.4. The van der Waals surface area contributed by atoms with Gasteiger partial charge in [0.1, 0.15) is 17.8 Å². The molecule has 1 aliphatic heterocycles.